The molecule has 0 saturated heterocycles. The van der Waals surface area contributed by atoms with Gasteiger partial charge >= 0.3 is 0 Å². The van der Waals surface area contributed by atoms with Gasteiger partial charge in [0.15, 0.2) is 0 Å². The van der Waals surface area contributed by atoms with Crippen LogP contribution in [0.25, 0.3) is 0 Å². The minimum atomic E-state index is -0.135. The minimum Gasteiger partial charge on any atom is -0.310 e. The number of benzene rings is 1. The molecule has 1 aliphatic heterocycles. The predicted molar refractivity (Wildman–Crippen MR) is 89.4 cm³/mol. The Morgan fingerprint density at radius 3 is 2.73 bits per heavy atom. The number of nitrogens with one attached hydrogen (secondary N) is 2. The number of fused-ring (bicyclic) bond motifs is 1. The highest BCUT2D eigenvalue weighted by Gasteiger charge is 2.30. The van der Waals surface area contributed by atoms with E-state index in [1.807, 2.05) is 37.3 Å². The topological polar surface area (TPSA) is 66.9 Å². The summed E-state index contributed by atoms with van der Waals surface area (Å²) in [5.41, 5.74) is 1.55. The molecule has 1 aromatic carbocycles. The third kappa shape index (κ3) is 2.59. The van der Waals surface area contributed by atoms with E-state index in [4.69, 9.17) is 0 Å². The second-order valence-electron chi connectivity index (χ2n) is 5.48. The monoisotopic (exact) mass is 317 g/mol. The van der Waals surface area contributed by atoms with Crippen LogP contribution in [0, 0.1) is 0 Å². The zero-order valence-electron chi connectivity index (χ0n) is 12.6. The maximum Gasteiger partial charge on any atom is 0.270 e. The first-order chi connectivity index (χ1) is 10.6. The summed E-state index contributed by atoms with van der Waals surface area (Å²) in [6.45, 7) is 4.08. The fourth-order valence-corrected chi connectivity index (χ4v) is 3.77. The average Bonchev–Trinajstić information content (AvgIpc) is 2.74. The summed E-state index contributed by atoms with van der Waals surface area (Å²) in [6.07, 6.45) is 0.871. The Bertz CT molecular complexity index is 736. The number of aromatic amines is 1. The van der Waals surface area contributed by atoms with Gasteiger partial charge in [0.25, 0.3) is 5.56 Å². The molecule has 0 unspecified atom stereocenters. The molecule has 6 heteroatoms. The lowest BCUT2D eigenvalue weighted by atomic mass is 10.1. The molecule has 0 aliphatic carbocycles. The number of amides is 1. The molecule has 1 amide bonds. The molecule has 0 spiro atoms. The summed E-state index contributed by atoms with van der Waals surface area (Å²) in [5.74, 6) is 0.887. The van der Waals surface area contributed by atoms with Gasteiger partial charge in [-0.15, -0.1) is 11.8 Å². The molecule has 2 aromatic rings. The summed E-state index contributed by atoms with van der Waals surface area (Å²) < 4.78 is 1.79. The van der Waals surface area contributed by atoms with Crippen LogP contribution in [-0.2, 0) is 4.79 Å². The van der Waals surface area contributed by atoms with Gasteiger partial charge in [-0.05, 0) is 18.9 Å². The van der Waals surface area contributed by atoms with E-state index in [1.54, 1.807) is 4.68 Å². The first-order valence-electron chi connectivity index (χ1n) is 7.42. The second-order valence-corrected chi connectivity index (χ2v) is 6.57. The quantitative estimate of drug-likeness (QED) is 0.914. The highest BCUT2D eigenvalue weighted by atomic mass is 32.2. The van der Waals surface area contributed by atoms with Crippen molar-refractivity contribution in [2.24, 2.45) is 0 Å². The number of hydrogen-bond donors (Lipinski definition) is 2. The standard InChI is InChI=1S/C16H19N3O2S/c1-3-10(2)19-15-13(16(21)18-19)14(22-9-12(20)17-15)11-7-5-4-6-8-11/h4-8,10,14H,3,9H2,1-2H3,(H,17,20)(H,18,21)/t10-,14-/m0/s1. The molecule has 22 heavy (non-hydrogen) atoms. The van der Waals surface area contributed by atoms with E-state index in [9.17, 15) is 9.59 Å². The number of thioether (sulfide) groups is 1. The molecule has 0 saturated carbocycles. The Balaban J connectivity index is 2.17. The van der Waals surface area contributed by atoms with E-state index in [2.05, 4.69) is 17.3 Å². The normalized spacial score (nSPS) is 19.2. The Labute approximate surface area is 133 Å². The van der Waals surface area contributed by atoms with E-state index in [0.717, 1.165) is 12.0 Å². The summed E-state index contributed by atoms with van der Waals surface area (Å²) in [5, 5.41) is 5.65. The summed E-state index contributed by atoms with van der Waals surface area (Å²) in [4.78, 5) is 24.5. The number of carbonyl (C=O) groups is 1. The van der Waals surface area contributed by atoms with Crippen LogP contribution < -0.4 is 10.9 Å². The maximum atomic E-state index is 12.5. The van der Waals surface area contributed by atoms with Crippen molar-refractivity contribution in [2.75, 3.05) is 11.1 Å². The Morgan fingerprint density at radius 1 is 1.32 bits per heavy atom. The summed E-state index contributed by atoms with van der Waals surface area (Å²) >= 11 is 1.49. The minimum absolute atomic E-state index is 0.0688. The first-order valence-corrected chi connectivity index (χ1v) is 8.47. The Morgan fingerprint density at radius 2 is 2.05 bits per heavy atom. The van der Waals surface area contributed by atoms with Crippen molar-refractivity contribution in [3.05, 3.63) is 51.8 Å². The Hall–Kier alpha value is -1.95. The van der Waals surface area contributed by atoms with Crippen LogP contribution in [0.15, 0.2) is 35.1 Å². The highest BCUT2D eigenvalue weighted by Crippen LogP contribution is 2.40. The van der Waals surface area contributed by atoms with Crippen LogP contribution in [0.3, 0.4) is 0 Å². The fraction of sp³-hybridized carbons (Fsp3) is 0.375. The SMILES string of the molecule is CC[C@H](C)n1[nH]c(=O)c2c1NC(=O)CS[C@H]2c1ccccc1. The molecule has 5 nitrogen and oxygen atoms in total. The molecule has 0 radical (unpaired) electrons. The molecule has 2 heterocycles. The average molecular weight is 317 g/mol. The lowest BCUT2D eigenvalue weighted by Crippen LogP contribution is -2.18. The number of aromatic nitrogens is 2. The predicted octanol–water partition coefficient (Wildman–Crippen LogP) is 2.92. The van der Waals surface area contributed by atoms with E-state index in [1.165, 1.54) is 11.8 Å². The van der Waals surface area contributed by atoms with E-state index >= 15 is 0 Å². The van der Waals surface area contributed by atoms with Crippen molar-refractivity contribution >= 4 is 23.5 Å². The van der Waals surface area contributed by atoms with Gasteiger partial charge in [0.1, 0.15) is 5.82 Å². The van der Waals surface area contributed by atoms with Crippen LogP contribution in [0.2, 0.25) is 0 Å². The second kappa shape index (κ2) is 6.04. The zero-order valence-corrected chi connectivity index (χ0v) is 13.4. The van der Waals surface area contributed by atoms with Crippen molar-refractivity contribution in [3.63, 3.8) is 0 Å². The molecule has 0 fully saturated rings. The largest absolute Gasteiger partial charge is 0.310 e. The number of H-pyrrole nitrogens is 1. The number of carbonyl (C=O) groups excluding carboxylic acids is 1. The lowest BCUT2D eigenvalue weighted by molar-refractivity contribution is -0.113. The molecule has 2 N–H and O–H groups in total. The molecule has 1 aliphatic rings. The van der Waals surface area contributed by atoms with Crippen molar-refractivity contribution in [1.29, 1.82) is 0 Å². The molecule has 1 aromatic heterocycles. The van der Waals surface area contributed by atoms with Gasteiger partial charge in [-0.2, -0.15) is 0 Å². The van der Waals surface area contributed by atoms with Gasteiger partial charge in [0.05, 0.1) is 16.6 Å². The molecule has 2 atom stereocenters. The number of hydrogen-bond acceptors (Lipinski definition) is 3. The molecule has 3 rings (SSSR count). The Kier molecular flexibility index (Phi) is 4.11. The highest BCUT2D eigenvalue weighted by molar-refractivity contribution is 8.00. The van der Waals surface area contributed by atoms with Gasteiger partial charge in [0, 0.05) is 6.04 Å². The number of anilines is 1. The van der Waals surface area contributed by atoms with Crippen molar-refractivity contribution in [2.45, 2.75) is 31.6 Å². The van der Waals surface area contributed by atoms with Gasteiger partial charge in [-0.25, -0.2) is 0 Å². The van der Waals surface area contributed by atoms with Crippen LogP contribution in [-0.4, -0.2) is 21.4 Å². The van der Waals surface area contributed by atoms with Crippen molar-refractivity contribution in [3.8, 4) is 0 Å². The van der Waals surface area contributed by atoms with Crippen molar-refractivity contribution < 1.29 is 4.79 Å². The van der Waals surface area contributed by atoms with Gasteiger partial charge in [-0.3, -0.25) is 19.4 Å². The number of nitrogens with zero attached hydrogens (tertiary/aromatic N) is 1. The van der Waals surface area contributed by atoms with Crippen molar-refractivity contribution in [1.82, 2.24) is 9.78 Å². The third-order valence-corrected chi connectivity index (χ3v) is 5.27. The van der Waals surface area contributed by atoms with Gasteiger partial charge in [-0.1, -0.05) is 37.3 Å². The number of rotatable bonds is 3. The smallest absolute Gasteiger partial charge is 0.270 e. The fourth-order valence-electron chi connectivity index (χ4n) is 2.65. The van der Waals surface area contributed by atoms with E-state index in [0.29, 0.717) is 17.1 Å². The first kappa shape index (κ1) is 15.0. The lowest BCUT2D eigenvalue weighted by Gasteiger charge is -2.16. The van der Waals surface area contributed by atoms with Crippen LogP contribution in [0.1, 0.15) is 42.7 Å². The maximum absolute atomic E-state index is 12.5. The van der Waals surface area contributed by atoms with Gasteiger partial charge < -0.3 is 5.32 Å². The molecular formula is C16H19N3O2S. The van der Waals surface area contributed by atoms with Crippen LogP contribution in [0.4, 0.5) is 5.82 Å². The van der Waals surface area contributed by atoms with Crippen LogP contribution >= 0.6 is 11.8 Å². The van der Waals surface area contributed by atoms with Crippen LogP contribution in [0.5, 0.6) is 0 Å². The third-order valence-electron chi connectivity index (χ3n) is 4.00. The molecular weight excluding hydrogens is 298 g/mol. The summed E-state index contributed by atoms with van der Waals surface area (Å²) in [6, 6.07) is 9.97. The van der Waals surface area contributed by atoms with E-state index < -0.39 is 0 Å². The van der Waals surface area contributed by atoms with Gasteiger partial charge in [0.2, 0.25) is 5.91 Å². The zero-order chi connectivity index (χ0) is 15.7. The molecule has 0 bridgehead atoms. The molecule has 116 valence electrons. The van der Waals surface area contributed by atoms with E-state index in [-0.39, 0.29) is 22.8 Å². The summed E-state index contributed by atoms with van der Waals surface area (Å²) in [7, 11) is 0.